The molecule has 116 valence electrons. The van der Waals surface area contributed by atoms with E-state index in [1.54, 1.807) is 12.1 Å². The lowest BCUT2D eigenvalue weighted by Gasteiger charge is -2.02. The number of hydrogen-bond donors (Lipinski definition) is 1. The topological polar surface area (TPSA) is 64.3 Å². The highest BCUT2D eigenvalue weighted by Gasteiger charge is 2.19. The third-order valence-electron chi connectivity index (χ3n) is 3.78. The Morgan fingerprint density at radius 2 is 1.91 bits per heavy atom. The molecule has 0 fully saturated rings. The zero-order chi connectivity index (χ0) is 15.8. The molecule has 0 saturated carbocycles. The Kier molecular flexibility index (Phi) is 3.28. The van der Waals surface area contributed by atoms with Crippen LogP contribution in [0.5, 0.6) is 0 Å². The van der Waals surface area contributed by atoms with Crippen molar-refractivity contribution in [3.63, 3.8) is 0 Å². The lowest BCUT2D eigenvalue weighted by atomic mass is 10.2. The van der Waals surface area contributed by atoms with Crippen molar-refractivity contribution >= 4 is 11.1 Å². The minimum Gasteiger partial charge on any atom is -0.457 e. The van der Waals surface area contributed by atoms with Crippen LogP contribution in [0.3, 0.4) is 0 Å². The fourth-order valence-electron chi connectivity index (χ4n) is 2.71. The number of aromatic nitrogens is 2. The molecular weight excluding hydrogens is 292 g/mol. The highest BCUT2D eigenvalue weighted by molar-refractivity contribution is 5.87. The smallest absolute Gasteiger partial charge is 0.183 e. The quantitative estimate of drug-likeness (QED) is 0.624. The van der Waals surface area contributed by atoms with E-state index in [1.807, 2.05) is 35.9 Å². The maximum atomic E-state index is 9.17. The summed E-state index contributed by atoms with van der Waals surface area (Å²) >= 11 is 0. The lowest BCUT2D eigenvalue weighted by molar-refractivity contribution is 0.248. The average molecular weight is 308 g/mol. The summed E-state index contributed by atoms with van der Waals surface area (Å²) in [5, 5.41) is 13.8. The van der Waals surface area contributed by atoms with E-state index in [0.29, 0.717) is 29.3 Å². The summed E-state index contributed by atoms with van der Waals surface area (Å²) in [5.41, 5.74) is 3.46. The van der Waals surface area contributed by atoms with Gasteiger partial charge in [0.1, 0.15) is 23.6 Å². The molecule has 0 saturated heterocycles. The SMILES string of the molecule is Cc1cc2c(o1)c(-c1ccc(CO)o1)nn2Cc1ccccc1. The Morgan fingerprint density at radius 3 is 2.65 bits per heavy atom. The predicted molar refractivity (Wildman–Crippen MR) is 85.9 cm³/mol. The third-order valence-corrected chi connectivity index (χ3v) is 3.78. The molecule has 0 aliphatic rings. The minimum absolute atomic E-state index is 0.134. The number of aryl methyl sites for hydroxylation is 1. The molecule has 0 atom stereocenters. The van der Waals surface area contributed by atoms with Crippen molar-refractivity contribution in [1.82, 2.24) is 9.78 Å². The van der Waals surface area contributed by atoms with Gasteiger partial charge in [0, 0.05) is 6.07 Å². The van der Waals surface area contributed by atoms with E-state index in [2.05, 4.69) is 17.2 Å². The number of rotatable bonds is 4. The van der Waals surface area contributed by atoms with Crippen LogP contribution in [0.15, 0.2) is 57.4 Å². The molecule has 5 nitrogen and oxygen atoms in total. The van der Waals surface area contributed by atoms with Crippen LogP contribution < -0.4 is 0 Å². The molecule has 4 aromatic rings. The maximum Gasteiger partial charge on any atom is 0.183 e. The first-order valence-corrected chi connectivity index (χ1v) is 7.45. The minimum atomic E-state index is -0.134. The normalized spacial score (nSPS) is 11.4. The van der Waals surface area contributed by atoms with Gasteiger partial charge in [-0.25, -0.2) is 0 Å². The van der Waals surface area contributed by atoms with Crippen molar-refractivity contribution in [2.24, 2.45) is 0 Å². The number of hydrogen-bond acceptors (Lipinski definition) is 4. The first-order valence-electron chi connectivity index (χ1n) is 7.45. The first kappa shape index (κ1) is 13.8. The molecule has 0 aliphatic heterocycles. The van der Waals surface area contributed by atoms with Gasteiger partial charge in [-0.2, -0.15) is 5.10 Å². The Balaban J connectivity index is 1.82. The number of benzene rings is 1. The van der Waals surface area contributed by atoms with Crippen LogP contribution in [0.1, 0.15) is 17.1 Å². The Hall–Kier alpha value is -2.79. The van der Waals surface area contributed by atoms with Crippen LogP contribution in [-0.4, -0.2) is 14.9 Å². The van der Waals surface area contributed by atoms with Gasteiger partial charge < -0.3 is 13.9 Å². The van der Waals surface area contributed by atoms with E-state index in [-0.39, 0.29) is 6.61 Å². The summed E-state index contributed by atoms with van der Waals surface area (Å²) in [4.78, 5) is 0. The van der Waals surface area contributed by atoms with Crippen LogP contribution in [0.4, 0.5) is 0 Å². The van der Waals surface area contributed by atoms with Gasteiger partial charge in [-0.05, 0) is 24.6 Å². The summed E-state index contributed by atoms with van der Waals surface area (Å²) in [6, 6.07) is 15.7. The largest absolute Gasteiger partial charge is 0.457 e. The fourth-order valence-corrected chi connectivity index (χ4v) is 2.71. The molecule has 23 heavy (non-hydrogen) atoms. The summed E-state index contributed by atoms with van der Waals surface area (Å²) in [6.45, 7) is 2.44. The molecule has 3 heterocycles. The fraction of sp³-hybridized carbons (Fsp3) is 0.167. The molecule has 0 aliphatic carbocycles. The molecular formula is C18H16N2O3. The summed E-state index contributed by atoms with van der Waals surface area (Å²) in [7, 11) is 0. The second-order valence-electron chi connectivity index (χ2n) is 5.49. The monoisotopic (exact) mass is 308 g/mol. The Morgan fingerprint density at radius 1 is 1.09 bits per heavy atom. The van der Waals surface area contributed by atoms with Gasteiger partial charge in [-0.1, -0.05) is 30.3 Å². The van der Waals surface area contributed by atoms with Crippen molar-refractivity contribution < 1.29 is 13.9 Å². The van der Waals surface area contributed by atoms with Crippen LogP contribution in [0, 0.1) is 6.92 Å². The number of furan rings is 2. The maximum absolute atomic E-state index is 9.17. The summed E-state index contributed by atoms with van der Waals surface area (Å²) in [5.74, 6) is 1.93. The van der Waals surface area contributed by atoms with Gasteiger partial charge in [-0.3, -0.25) is 4.68 Å². The van der Waals surface area contributed by atoms with Gasteiger partial charge in [-0.15, -0.1) is 0 Å². The standard InChI is InChI=1S/C18H16N2O3/c1-12-9-15-18(22-12)17(16-8-7-14(11-21)23-16)19-20(15)10-13-5-3-2-4-6-13/h2-9,21H,10-11H2,1H3. The van der Waals surface area contributed by atoms with Gasteiger partial charge in [0.2, 0.25) is 0 Å². The van der Waals surface area contributed by atoms with Crippen molar-refractivity contribution in [3.05, 3.63) is 65.6 Å². The molecule has 1 N–H and O–H groups in total. The van der Waals surface area contributed by atoms with Crippen LogP contribution in [-0.2, 0) is 13.2 Å². The molecule has 0 unspecified atom stereocenters. The van der Waals surface area contributed by atoms with Gasteiger partial charge >= 0.3 is 0 Å². The third kappa shape index (κ3) is 2.45. The second kappa shape index (κ2) is 5.44. The molecule has 0 amide bonds. The molecule has 0 spiro atoms. The molecule has 3 aromatic heterocycles. The second-order valence-corrected chi connectivity index (χ2v) is 5.49. The van der Waals surface area contributed by atoms with Crippen LogP contribution >= 0.6 is 0 Å². The first-order chi connectivity index (χ1) is 11.2. The van der Waals surface area contributed by atoms with E-state index in [9.17, 15) is 5.11 Å². The molecule has 0 radical (unpaired) electrons. The summed E-state index contributed by atoms with van der Waals surface area (Å²) < 4.78 is 13.3. The number of nitrogens with zero attached hydrogens (tertiary/aromatic N) is 2. The zero-order valence-electron chi connectivity index (χ0n) is 12.7. The highest BCUT2D eigenvalue weighted by atomic mass is 16.4. The Labute approximate surface area is 132 Å². The average Bonchev–Trinajstić information content (AvgIpc) is 3.24. The Bertz CT molecular complexity index is 947. The van der Waals surface area contributed by atoms with E-state index < -0.39 is 0 Å². The highest BCUT2D eigenvalue weighted by Crippen LogP contribution is 2.32. The number of fused-ring (bicyclic) bond motifs is 1. The van der Waals surface area contributed by atoms with Gasteiger partial charge in [0.15, 0.2) is 17.0 Å². The van der Waals surface area contributed by atoms with E-state index in [0.717, 1.165) is 16.8 Å². The summed E-state index contributed by atoms with van der Waals surface area (Å²) in [6.07, 6.45) is 0. The predicted octanol–water partition coefficient (Wildman–Crippen LogP) is 3.74. The zero-order valence-corrected chi connectivity index (χ0v) is 12.7. The number of aliphatic hydroxyl groups excluding tert-OH is 1. The van der Waals surface area contributed by atoms with E-state index >= 15 is 0 Å². The van der Waals surface area contributed by atoms with Crippen molar-refractivity contribution in [2.75, 3.05) is 0 Å². The van der Waals surface area contributed by atoms with Gasteiger partial charge in [0.05, 0.1) is 6.54 Å². The van der Waals surface area contributed by atoms with Crippen molar-refractivity contribution in [2.45, 2.75) is 20.1 Å². The van der Waals surface area contributed by atoms with E-state index in [4.69, 9.17) is 8.83 Å². The molecule has 0 bridgehead atoms. The molecule has 5 heteroatoms. The molecule has 4 rings (SSSR count). The van der Waals surface area contributed by atoms with Crippen molar-refractivity contribution in [1.29, 1.82) is 0 Å². The van der Waals surface area contributed by atoms with Crippen LogP contribution in [0.25, 0.3) is 22.6 Å². The van der Waals surface area contributed by atoms with E-state index in [1.165, 1.54) is 0 Å². The van der Waals surface area contributed by atoms with Crippen molar-refractivity contribution in [3.8, 4) is 11.5 Å². The van der Waals surface area contributed by atoms with Gasteiger partial charge in [0.25, 0.3) is 0 Å². The number of aliphatic hydroxyl groups is 1. The van der Waals surface area contributed by atoms with Crippen LogP contribution in [0.2, 0.25) is 0 Å². The lowest BCUT2D eigenvalue weighted by Crippen LogP contribution is -2.01. The molecule has 1 aromatic carbocycles.